The van der Waals surface area contributed by atoms with Crippen LogP contribution in [0.2, 0.25) is 0 Å². The number of anilines is 2. The van der Waals surface area contributed by atoms with Gasteiger partial charge in [0.15, 0.2) is 0 Å². The summed E-state index contributed by atoms with van der Waals surface area (Å²) in [7, 11) is 0. The van der Waals surface area contributed by atoms with Crippen LogP contribution >= 0.6 is 12.4 Å². The summed E-state index contributed by atoms with van der Waals surface area (Å²) in [5.74, 6) is 1.72. The summed E-state index contributed by atoms with van der Waals surface area (Å²) < 4.78 is 12.3. The fourth-order valence-electron chi connectivity index (χ4n) is 6.18. The predicted octanol–water partition coefficient (Wildman–Crippen LogP) is 10.2. The van der Waals surface area contributed by atoms with Crippen molar-refractivity contribution >= 4 is 67.4 Å². The monoisotopic (exact) mass is 679 g/mol. The second kappa shape index (κ2) is 18.4. The van der Waals surface area contributed by atoms with Crippen LogP contribution < -0.4 is 25.4 Å². The van der Waals surface area contributed by atoms with E-state index in [9.17, 15) is 0 Å². The average molecular weight is 680 g/mol. The van der Waals surface area contributed by atoms with Crippen molar-refractivity contribution in [2.24, 2.45) is 0 Å². The lowest BCUT2D eigenvalue weighted by molar-refractivity contribution is 0.312. The van der Waals surface area contributed by atoms with E-state index in [0.29, 0.717) is 13.2 Å². The number of halogens is 1. The first-order valence-corrected chi connectivity index (χ1v) is 17.9. The molecule has 7 nitrogen and oxygen atoms in total. The summed E-state index contributed by atoms with van der Waals surface area (Å²) in [5.41, 5.74) is 6.11. The first-order valence-electron chi connectivity index (χ1n) is 17.9. The van der Waals surface area contributed by atoms with Crippen molar-refractivity contribution < 1.29 is 9.47 Å². The van der Waals surface area contributed by atoms with Crippen LogP contribution in [0.3, 0.4) is 0 Å². The minimum atomic E-state index is 0. The number of nitrogens with zero attached hydrogens (tertiary/aromatic N) is 2. The minimum absolute atomic E-state index is 0. The Morgan fingerprint density at radius 3 is 1.47 bits per heavy atom. The molecule has 3 N–H and O–H groups in total. The molecule has 4 aromatic carbocycles. The van der Waals surface area contributed by atoms with Gasteiger partial charge in [-0.2, -0.15) is 0 Å². The summed E-state index contributed by atoms with van der Waals surface area (Å²) in [6.45, 7) is 9.52. The van der Waals surface area contributed by atoms with Crippen LogP contribution in [0.1, 0.15) is 58.8 Å². The molecular weight excluding hydrogens is 630 g/mol. The molecule has 6 rings (SSSR count). The quantitative estimate of drug-likeness (QED) is 0.0581. The third-order valence-electron chi connectivity index (χ3n) is 8.77. The van der Waals surface area contributed by atoms with Gasteiger partial charge >= 0.3 is 0 Å². The van der Waals surface area contributed by atoms with Gasteiger partial charge in [0, 0.05) is 34.6 Å². The number of ether oxygens (including phenoxy) is 2. The molecule has 0 radical (unpaired) electrons. The van der Waals surface area contributed by atoms with E-state index in [-0.39, 0.29) is 12.4 Å². The van der Waals surface area contributed by atoms with Gasteiger partial charge in [-0.15, -0.1) is 12.4 Å². The molecule has 0 aliphatic heterocycles. The van der Waals surface area contributed by atoms with Crippen molar-refractivity contribution in [3.63, 3.8) is 0 Å². The van der Waals surface area contributed by atoms with Crippen LogP contribution in [-0.4, -0.2) is 49.4 Å². The topological polar surface area (TPSA) is 80.3 Å². The van der Waals surface area contributed by atoms with Crippen LogP contribution in [-0.2, 0) is 0 Å². The number of hydrogen-bond acceptors (Lipinski definition) is 7. The molecule has 2 aromatic heterocycles. The maximum absolute atomic E-state index is 6.13. The average Bonchev–Trinajstić information content (AvgIpc) is 3.12. The second-order valence-electron chi connectivity index (χ2n) is 12.4. The number of para-hydroxylation sites is 4. The van der Waals surface area contributed by atoms with Crippen LogP contribution in [0.4, 0.5) is 11.4 Å². The Bertz CT molecular complexity index is 1810. The molecule has 258 valence electrons. The van der Waals surface area contributed by atoms with E-state index < -0.39 is 0 Å². The summed E-state index contributed by atoms with van der Waals surface area (Å²) in [4.78, 5) is 9.97. The van der Waals surface area contributed by atoms with Crippen molar-refractivity contribution in [1.29, 1.82) is 0 Å². The lowest BCUT2D eigenvalue weighted by atomic mass is 10.1. The SMILES string of the molecule is CCCCOc1cccc2c(NCCCCNCCCNc3c4ccccc4nc4c(OCCCC)cccc34)c3ccccc3nc12.Cl. The molecule has 0 aliphatic carbocycles. The fourth-order valence-corrected chi connectivity index (χ4v) is 6.18. The molecule has 0 aliphatic rings. The Morgan fingerprint density at radius 2 is 0.939 bits per heavy atom. The molecule has 6 aromatic rings. The number of nitrogens with one attached hydrogen (secondary N) is 3. The van der Waals surface area contributed by atoms with E-state index in [1.54, 1.807) is 0 Å². The van der Waals surface area contributed by atoms with Gasteiger partial charge in [0.1, 0.15) is 22.5 Å². The number of fused-ring (bicyclic) bond motifs is 4. The van der Waals surface area contributed by atoms with E-state index in [4.69, 9.17) is 19.4 Å². The number of pyridine rings is 2. The highest BCUT2D eigenvalue weighted by molar-refractivity contribution is 6.10. The summed E-state index contributed by atoms with van der Waals surface area (Å²) >= 11 is 0. The summed E-state index contributed by atoms with van der Waals surface area (Å²) in [6, 6.07) is 29.2. The van der Waals surface area contributed by atoms with Gasteiger partial charge in [-0.05, 0) is 69.5 Å². The molecule has 49 heavy (non-hydrogen) atoms. The van der Waals surface area contributed by atoms with E-state index >= 15 is 0 Å². The molecule has 0 spiro atoms. The van der Waals surface area contributed by atoms with Gasteiger partial charge in [-0.3, -0.25) is 0 Å². The van der Waals surface area contributed by atoms with Crippen LogP contribution in [0.5, 0.6) is 11.5 Å². The molecule has 0 saturated heterocycles. The van der Waals surface area contributed by atoms with Crippen LogP contribution in [0.25, 0.3) is 43.6 Å². The zero-order valence-electron chi connectivity index (χ0n) is 28.9. The summed E-state index contributed by atoms with van der Waals surface area (Å²) in [6.07, 6.45) is 7.50. The minimum Gasteiger partial charge on any atom is -0.491 e. The highest BCUT2D eigenvalue weighted by Crippen LogP contribution is 2.36. The Balaban J connectivity index is 0.00000468. The molecule has 8 heteroatoms. The molecule has 0 fully saturated rings. The first kappa shape index (κ1) is 36.0. The maximum atomic E-state index is 6.13. The largest absolute Gasteiger partial charge is 0.491 e. The number of unbranched alkanes of at least 4 members (excludes halogenated alkanes) is 3. The third-order valence-corrected chi connectivity index (χ3v) is 8.77. The summed E-state index contributed by atoms with van der Waals surface area (Å²) in [5, 5.41) is 15.7. The highest BCUT2D eigenvalue weighted by atomic mass is 35.5. The zero-order chi connectivity index (χ0) is 33.0. The zero-order valence-corrected chi connectivity index (χ0v) is 29.7. The maximum Gasteiger partial charge on any atom is 0.145 e. The van der Waals surface area contributed by atoms with E-state index in [2.05, 4.69) is 96.5 Å². The van der Waals surface area contributed by atoms with Crippen molar-refractivity contribution in [3.05, 3.63) is 84.9 Å². The van der Waals surface area contributed by atoms with Crippen molar-refractivity contribution in [3.8, 4) is 11.5 Å². The van der Waals surface area contributed by atoms with E-state index in [0.717, 1.165) is 138 Å². The van der Waals surface area contributed by atoms with Gasteiger partial charge in [0.25, 0.3) is 0 Å². The molecule has 0 unspecified atom stereocenters. The number of rotatable bonds is 19. The van der Waals surface area contributed by atoms with E-state index in [1.807, 2.05) is 18.2 Å². The Hall–Kier alpha value is -4.33. The third kappa shape index (κ3) is 8.83. The van der Waals surface area contributed by atoms with Gasteiger partial charge in [0.05, 0.1) is 35.6 Å². The first-order chi connectivity index (χ1) is 23.8. The van der Waals surface area contributed by atoms with E-state index in [1.165, 1.54) is 0 Å². The van der Waals surface area contributed by atoms with Crippen molar-refractivity contribution in [2.45, 2.75) is 58.8 Å². The molecular formula is C41H50ClN5O2. The van der Waals surface area contributed by atoms with Crippen molar-refractivity contribution in [1.82, 2.24) is 15.3 Å². The molecule has 0 bridgehead atoms. The molecule has 2 heterocycles. The number of benzene rings is 4. The normalized spacial score (nSPS) is 11.2. The highest BCUT2D eigenvalue weighted by Gasteiger charge is 2.14. The predicted molar refractivity (Wildman–Crippen MR) is 210 cm³/mol. The lowest BCUT2D eigenvalue weighted by Gasteiger charge is -2.16. The molecule has 0 amide bonds. The Kier molecular flexibility index (Phi) is 13.5. The van der Waals surface area contributed by atoms with Gasteiger partial charge in [0.2, 0.25) is 0 Å². The Morgan fingerprint density at radius 1 is 0.490 bits per heavy atom. The van der Waals surface area contributed by atoms with Gasteiger partial charge in [-0.1, -0.05) is 87.4 Å². The van der Waals surface area contributed by atoms with Crippen LogP contribution in [0.15, 0.2) is 84.9 Å². The lowest BCUT2D eigenvalue weighted by Crippen LogP contribution is -2.20. The number of hydrogen-bond donors (Lipinski definition) is 3. The smallest absolute Gasteiger partial charge is 0.145 e. The van der Waals surface area contributed by atoms with Crippen LogP contribution in [0, 0.1) is 0 Å². The van der Waals surface area contributed by atoms with Gasteiger partial charge in [-0.25, -0.2) is 9.97 Å². The number of aromatic nitrogens is 2. The fraction of sp³-hybridized carbons (Fsp3) is 0.366. The van der Waals surface area contributed by atoms with Crippen molar-refractivity contribution in [2.75, 3.05) is 50.0 Å². The molecule has 0 saturated carbocycles. The second-order valence-corrected chi connectivity index (χ2v) is 12.4. The Labute approximate surface area is 296 Å². The molecule has 0 atom stereocenters. The van der Waals surface area contributed by atoms with Gasteiger partial charge < -0.3 is 25.4 Å². The standard InChI is InChI=1S/C41H49N5O2.ClH/c1-3-5-28-47-36-22-13-18-32-38(30-16-7-9-20-34(30)45-40(32)36)43-26-12-11-24-42-25-15-27-44-39-31-17-8-10-21-35(31)46-41-33(39)19-14-23-37(41)48-29-6-4-2;/h7-10,13-14,16-23,42H,3-6,11-12,15,24-29H2,1-2H3,(H,43,45)(H,44,46);1H.